The molecular formula is C11H21N3OS. The molecule has 0 atom stereocenters. The molecule has 0 radical (unpaired) electrons. The Morgan fingerprint density at radius 1 is 1.31 bits per heavy atom. The molecule has 1 aromatic rings. The third kappa shape index (κ3) is 5.42. The van der Waals surface area contributed by atoms with Crippen molar-refractivity contribution in [2.75, 3.05) is 6.61 Å². The third-order valence-corrected chi connectivity index (χ3v) is 2.92. The maximum atomic E-state index is 5.51. The highest BCUT2D eigenvalue weighted by Gasteiger charge is 2.05. The molecule has 0 aliphatic rings. The zero-order valence-corrected chi connectivity index (χ0v) is 11.1. The second-order valence-corrected chi connectivity index (χ2v) is 5.08. The van der Waals surface area contributed by atoms with Crippen LogP contribution < -0.4 is 10.1 Å². The lowest BCUT2D eigenvalue weighted by Crippen LogP contribution is -2.21. The van der Waals surface area contributed by atoms with Gasteiger partial charge >= 0.3 is 0 Å². The van der Waals surface area contributed by atoms with Crippen molar-refractivity contribution < 1.29 is 4.74 Å². The molecule has 1 aromatic heterocycles. The van der Waals surface area contributed by atoms with Gasteiger partial charge in [-0.05, 0) is 6.42 Å². The minimum atomic E-state index is 0.470. The van der Waals surface area contributed by atoms with Gasteiger partial charge in [0.15, 0.2) is 0 Å². The van der Waals surface area contributed by atoms with Gasteiger partial charge in [0.2, 0.25) is 0 Å². The summed E-state index contributed by atoms with van der Waals surface area (Å²) in [4.78, 5) is 0. The van der Waals surface area contributed by atoms with Crippen LogP contribution in [0.15, 0.2) is 0 Å². The number of hydrogen-bond acceptors (Lipinski definition) is 5. The van der Waals surface area contributed by atoms with Crippen LogP contribution in [-0.2, 0) is 6.54 Å². The Morgan fingerprint density at radius 2 is 2.12 bits per heavy atom. The van der Waals surface area contributed by atoms with Gasteiger partial charge in [-0.25, -0.2) is 0 Å². The zero-order chi connectivity index (χ0) is 11.8. The maximum absolute atomic E-state index is 5.51. The van der Waals surface area contributed by atoms with Gasteiger partial charge in [0, 0.05) is 6.04 Å². The van der Waals surface area contributed by atoms with Crippen molar-refractivity contribution in [2.45, 2.75) is 52.6 Å². The minimum Gasteiger partial charge on any atom is -0.469 e. The number of nitrogens with zero attached hydrogens (tertiary/aromatic N) is 2. The molecule has 0 aliphatic carbocycles. The number of nitrogens with one attached hydrogen (secondary N) is 1. The standard InChI is InChI=1S/C11H21N3OS/c1-4-5-6-7-15-11-14-13-10(16-11)8-12-9(2)3/h9,12H,4-8H2,1-3H3. The first-order valence-corrected chi connectivity index (χ1v) is 6.72. The molecule has 0 aromatic carbocycles. The Labute approximate surface area is 101 Å². The molecule has 1 rings (SSSR count). The van der Waals surface area contributed by atoms with E-state index < -0.39 is 0 Å². The lowest BCUT2D eigenvalue weighted by atomic mass is 10.3. The summed E-state index contributed by atoms with van der Waals surface area (Å²) in [6.07, 6.45) is 3.51. The van der Waals surface area contributed by atoms with Gasteiger partial charge < -0.3 is 10.1 Å². The van der Waals surface area contributed by atoms with Crippen LogP contribution >= 0.6 is 11.3 Å². The van der Waals surface area contributed by atoms with Crippen LogP contribution in [0.1, 0.15) is 45.0 Å². The number of unbranched alkanes of at least 4 members (excludes halogenated alkanes) is 2. The highest BCUT2D eigenvalue weighted by Crippen LogP contribution is 2.18. The topological polar surface area (TPSA) is 47.0 Å². The van der Waals surface area contributed by atoms with Crippen molar-refractivity contribution in [3.63, 3.8) is 0 Å². The van der Waals surface area contributed by atoms with E-state index in [0.717, 1.165) is 24.6 Å². The fourth-order valence-electron chi connectivity index (χ4n) is 1.17. The first-order chi connectivity index (χ1) is 7.72. The highest BCUT2D eigenvalue weighted by molar-refractivity contribution is 7.13. The van der Waals surface area contributed by atoms with E-state index in [4.69, 9.17) is 4.74 Å². The molecule has 0 amide bonds. The molecule has 16 heavy (non-hydrogen) atoms. The average Bonchev–Trinajstić information content (AvgIpc) is 2.70. The van der Waals surface area contributed by atoms with E-state index in [0.29, 0.717) is 11.2 Å². The molecule has 5 heteroatoms. The fourth-order valence-corrected chi connectivity index (χ4v) is 1.83. The number of rotatable bonds is 8. The van der Waals surface area contributed by atoms with Gasteiger partial charge in [-0.1, -0.05) is 44.9 Å². The maximum Gasteiger partial charge on any atom is 0.294 e. The summed E-state index contributed by atoms with van der Waals surface area (Å²) in [5, 5.41) is 13.0. The lowest BCUT2D eigenvalue weighted by molar-refractivity contribution is 0.302. The fraction of sp³-hybridized carbons (Fsp3) is 0.818. The van der Waals surface area contributed by atoms with Gasteiger partial charge in [0.05, 0.1) is 13.2 Å². The molecule has 92 valence electrons. The van der Waals surface area contributed by atoms with Crippen LogP contribution in [0.4, 0.5) is 0 Å². The van der Waals surface area contributed by atoms with E-state index >= 15 is 0 Å². The number of aromatic nitrogens is 2. The van der Waals surface area contributed by atoms with E-state index in [1.807, 2.05) is 0 Å². The molecule has 1 heterocycles. The van der Waals surface area contributed by atoms with E-state index in [9.17, 15) is 0 Å². The molecule has 4 nitrogen and oxygen atoms in total. The van der Waals surface area contributed by atoms with Gasteiger partial charge in [-0.15, -0.1) is 10.2 Å². The van der Waals surface area contributed by atoms with E-state index in [2.05, 4.69) is 36.3 Å². The summed E-state index contributed by atoms with van der Waals surface area (Å²) in [5.74, 6) is 0. The van der Waals surface area contributed by atoms with Gasteiger partial charge in [0.1, 0.15) is 5.01 Å². The number of ether oxygens (including phenoxy) is 1. The third-order valence-electron chi connectivity index (χ3n) is 2.08. The molecular weight excluding hydrogens is 222 g/mol. The Morgan fingerprint density at radius 3 is 2.81 bits per heavy atom. The Bertz CT molecular complexity index is 289. The van der Waals surface area contributed by atoms with Gasteiger partial charge in [-0.2, -0.15) is 0 Å². The molecule has 0 saturated carbocycles. The quantitative estimate of drug-likeness (QED) is 0.713. The molecule has 0 bridgehead atoms. The van der Waals surface area contributed by atoms with E-state index in [1.54, 1.807) is 0 Å². The Balaban J connectivity index is 2.22. The summed E-state index contributed by atoms with van der Waals surface area (Å²) < 4.78 is 5.51. The molecule has 0 spiro atoms. The Kier molecular flexibility index (Phi) is 6.33. The summed E-state index contributed by atoms with van der Waals surface area (Å²) in [6.45, 7) is 7.93. The SMILES string of the molecule is CCCCCOc1nnc(CNC(C)C)s1. The minimum absolute atomic E-state index is 0.470. The smallest absolute Gasteiger partial charge is 0.294 e. The first kappa shape index (κ1) is 13.4. The monoisotopic (exact) mass is 243 g/mol. The normalized spacial score (nSPS) is 11.0. The molecule has 0 aliphatic heterocycles. The zero-order valence-electron chi connectivity index (χ0n) is 10.3. The summed E-state index contributed by atoms with van der Waals surface area (Å²) >= 11 is 1.53. The van der Waals surface area contributed by atoms with Crippen LogP contribution in [0.25, 0.3) is 0 Å². The van der Waals surface area contributed by atoms with Gasteiger partial charge in [-0.3, -0.25) is 0 Å². The second kappa shape index (κ2) is 7.57. The van der Waals surface area contributed by atoms with E-state index in [-0.39, 0.29) is 0 Å². The molecule has 0 fully saturated rings. The van der Waals surface area contributed by atoms with Crippen molar-refractivity contribution in [3.8, 4) is 5.19 Å². The van der Waals surface area contributed by atoms with Gasteiger partial charge in [0.25, 0.3) is 5.19 Å². The largest absolute Gasteiger partial charge is 0.469 e. The van der Waals surface area contributed by atoms with Crippen molar-refractivity contribution in [3.05, 3.63) is 5.01 Å². The summed E-state index contributed by atoms with van der Waals surface area (Å²) in [5.41, 5.74) is 0. The predicted molar refractivity (Wildman–Crippen MR) is 66.9 cm³/mol. The second-order valence-electron chi connectivity index (χ2n) is 4.05. The van der Waals surface area contributed by atoms with Crippen LogP contribution in [0, 0.1) is 0 Å². The predicted octanol–water partition coefficient (Wildman–Crippen LogP) is 2.61. The van der Waals surface area contributed by atoms with Crippen LogP contribution in [0.3, 0.4) is 0 Å². The van der Waals surface area contributed by atoms with Crippen LogP contribution in [-0.4, -0.2) is 22.8 Å². The van der Waals surface area contributed by atoms with Crippen molar-refractivity contribution in [2.24, 2.45) is 0 Å². The van der Waals surface area contributed by atoms with Crippen molar-refractivity contribution >= 4 is 11.3 Å². The van der Waals surface area contributed by atoms with Crippen LogP contribution in [0.5, 0.6) is 5.19 Å². The molecule has 0 saturated heterocycles. The highest BCUT2D eigenvalue weighted by atomic mass is 32.1. The first-order valence-electron chi connectivity index (χ1n) is 5.91. The lowest BCUT2D eigenvalue weighted by Gasteiger charge is -2.03. The van der Waals surface area contributed by atoms with E-state index in [1.165, 1.54) is 24.2 Å². The molecule has 0 unspecified atom stereocenters. The summed E-state index contributed by atoms with van der Waals surface area (Å²) in [7, 11) is 0. The Hall–Kier alpha value is -0.680. The summed E-state index contributed by atoms with van der Waals surface area (Å²) in [6, 6.07) is 0.470. The number of hydrogen-bond donors (Lipinski definition) is 1. The van der Waals surface area contributed by atoms with Crippen molar-refractivity contribution in [1.82, 2.24) is 15.5 Å². The van der Waals surface area contributed by atoms with Crippen molar-refractivity contribution in [1.29, 1.82) is 0 Å². The average molecular weight is 243 g/mol. The van der Waals surface area contributed by atoms with Crippen LogP contribution in [0.2, 0.25) is 0 Å². The molecule has 1 N–H and O–H groups in total.